The predicted octanol–water partition coefficient (Wildman–Crippen LogP) is -0.794. The Bertz CT molecular complexity index is 382. The first kappa shape index (κ1) is 11.3. The first-order valence-electron chi connectivity index (χ1n) is 4.91. The number of carbonyl (C=O) groups excluding carboxylic acids is 1. The molecule has 2 rings (SSSR count). The Labute approximate surface area is 96.9 Å². The SMILES string of the molecule is COC(=O)C1CC(Sc2nnnn2C)CN1. The van der Waals surface area contributed by atoms with Crippen molar-refractivity contribution in [1.29, 1.82) is 0 Å². The summed E-state index contributed by atoms with van der Waals surface area (Å²) in [6.07, 6.45) is 0.740. The number of nitrogens with one attached hydrogen (secondary N) is 1. The lowest BCUT2D eigenvalue weighted by Gasteiger charge is -2.07. The summed E-state index contributed by atoms with van der Waals surface area (Å²) in [5.74, 6) is -0.209. The largest absolute Gasteiger partial charge is 0.468 e. The van der Waals surface area contributed by atoms with Gasteiger partial charge in [-0.2, -0.15) is 0 Å². The minimum Gasteiger partial charge on any atom is -0.468 e. The van der Waals surface area contributed by atoms with Crippen LogP contribution in [0, 0.1) is 0 Å². The molecule has 2 atom stereocenters. The minimum atomic E-state index is -0.209. The van der Waals surface area contributed by atoms with E-state index in [9.17, 15) is 4.79 Å². The molecule has 2 unspecified atom stereocenters. The first-order valence-corrected chi connectivity index (χ1v) is 5.79. The van der Waals surface area contributed by atoms with Crippen LogP contribution in [0.3, 0.4) is 0 Å². The zero-order valence-electron chi connectivity index (χ0n) is 9.08. The van der Waals surface area contributed by atoms with Crippen LogP contribution in [-0.2, 0) is 16.6 Å². The maximum atomic E-state index is 11.3. The Morgan fingerprint density at radius 1 is 1.69 bits per heavy atom. The van der Waals surface area contributed by atoms with E-state index in [4.69, 9.17) is 0 Å². The van der Waals surface area contributed by atoms with E-state index >= 15 is 0 Å². The molecule has 0 bridgehead atoms. The Hall–Kier alpha value is -1.15. The molecule has 2 heterocycles. The maximum Gasteiger partial charge on any atom is 0.322 e. The number of esters is 1. The second-order valence-corrected chi connectivity index (χ2v) is 4.81. The number of nitrogens with zero attached hydrogens (tertiary/aromatic N) is 4. The van der Waals surface area contributed by atoms with Crippen LogP contribution in [0.2, 0.25) is 0 Å². The van der Waals surface area contributed by atoms with Gasteiger partial charge in [-0.05, 0) is 16.8 Å². The molecule has 1 aromatic rings. The fraction of sp³-hybridized carbons (Fsp3) is 0.750. The highest BCUT2D eigenvalue weighted by Crippen LogP contribution is 2.26. The van der Waals surface area contributed by atoms with Crippen molar-refractivity contribution in [3.8, 4) is 0 Å². The minimum absolute atomic E-state index is 0.205. The molecule has 0 amide bonds. The van der Waals surface area contributed by atoms with E-state index in [1.165, 1.54) is 7.11 Å². The summed E-state index contributed by atoms with van der Waals surface area (Å²) in [7, 11) is 3.19. The zero-order chi connectivity index (χ0) is 11.5. The monoisotopic (exact) mass is 243 g/mol. The average Bonchev–Trinajstić information content (AvgIpc) is 2.89. The number of carbonyl (C=O) groups is 1. The van der Waals surface area contributed by atoms with E-state index in [1.807, 2.05) is 0 Å². The van der Waals surface area contributed by atoms with Gasteiger partial charge in [-0.1, -0.05) is 11.8 Å². The third-order valence-corrected chi connectivity index (χ3v) is 3.68. The molecule has 88 valence electrons. The van der Waals surface area contributed by atoms with Crippen LogP contribution in [0.25, 0.3) is 0 Å². The van der Waals surface area contributed by atoms with Gasteiger partial charge < -0.3 is 10.1 Å². The first-order chi connectivity index (χ1) is 7.70. The average molecular weight is 243 g/mol. The summed E-state index contributed by atoms with van der Waals surface area (Å²) in [5, 5.41) is 15.4. The van der Waals surface area contributed by atoms with Crippen molar-refractivity contribution in [2.75, 3.05) is 13.7 Å². The number of aryl methyl sites for hydroxylation is 1. The molecule has 1 aliphatic rings. The maximum absolute atomic E-state index is 11.3. The van der Waals surface area contributed by atoms with Crippen LogP contribution in [0.15, 0.2) is 5.16 Å². The number of hydrogen-bond donors (Lipinski definition) is 1. The van der Waals surface area contributed by atoms with E-state index in [2.05, 4.69) is 25.6 Å². The highest BCUT2D eigenvalue weighted by molar-refractivity contribution is 7.99. The highest BCUT2D eigenvalue weighted by Gasteiger charge is 2.31. The van der Waals surface area contributed by atoms with Gasteiger partial charge in [0.25, 0.3) is 0 Å². The quantitative estimate of drug-likeness (QED) is 0.696. The molecule has 0 aliphatic carbocycles. The molecule has 1 saturated heterocycles. The molecule has 0 aromatic carbocycles. The van der Waals surface area contributed by atoms with Crippen molar-refractivity contribution in [2.45, 2.75) is 22.9 Å². The molecule has 0 saturated carbocycles. The summed E-state index contributed by atoms with van der Waals surface area (Å²) >= 11 is 1.57. The van der Waals surface area contributed by atoms with Crippen LogP contribution >= 0.6 is 11.8 Å². The number of ether oxygens (including phenoxy) is 1. The zero-order valence-corrected chi connectivity index (χ0v) is 9.90. The van der Waals surface area contributed by atoms with E-state index in [0.717, 1.165) is 18.1 Å². The predicted molar refractivity (Wildman–Crippen MR) is 56.9 cm³/mol. The van der Waals surface area contributed by atoms with Gasteiger partial charge in [0, 0.05) is 18.8 Å². The highest BCUT2D eigenvalue weighted by atomic mass is 32.2. The lowest BCUT2D eigenvalue weighted by molar-refractivity contribution is -0.142. The van der Waals surface area contributed by atoms with Crippen LogP contribution in [0.4, 0.5) is 0 Å². The Balaban J connectivity index is 1.90. The summed E-state index contributed by atoms with van der Waals surface area (Å²) < 4.78 is 6.31. The summed E-state index contributed by atoms with van der Waals surface area (Å²) in [6, 6.07) is -0.205. The van der Waals surface area contributed by atoms with Crippen molar-refractivity contribution >= 4 is 17.7 Å². The van der Waals surface area contributed by atoms with Crippen molar-refractivity contribution in [3.63, 3.8) is 0 Å². The smallest absolute Gasteiger partial charge is 0.322 e. The van der Waals surface area contributed by atoms with Gasteiger partial charge in [0.05, 0.1) is 7.11 Å². The molecule has 1 fully saturated rings. The van der Waals surface area contributed by atoms with E-state index < -0.39 is 0 Å². The molecule has 1 aliphatic heterocycles. The summed E-state index contributed by atoms with van der Waals surface area (Å²) in [5.41, 5.74) is 0. The van der Waals surface area contributed by atoms with Gasteiger partial charge in [-0.3, -0.25) is 4.79 Å². The molecule has 16 heavy (non-hydrogen) atoms. The summed E-state index contributed by atoms with van der Waals surface area (Å²) in [6.45, 7) is 0.761. The van der Waals surface area contributed by atoms with Crippen LogP contribution in [-0.4, -0.2) is 51.1 Å². The molecule has 0 radical (unpaired) electrons. The van der Waals surface area contributed by atoms with Gasteiger partial charge >= 0.3 is 5.97 Å². The molecule has 7 nitrogen and oxygen atoms in total. The normalized spacial score (nSPS) is 24.6. The van der Waals surface area contributed by atoms with E-state index in [1.54, 1.807) is 23.5 Å². The number of hydrogen-bond acceptors (Lipinski definition) is 7. The number of rotatable bonds is 3. The lowest BCUT2D eigenvalue weighted by Crippen LogP contribution is -2.31. The van der Waals surface area contributed by atoms with E-state index in [-0.39, 0.29) is 12.0 Å². The third kappa shape index (κ3) is 2.33. The molecular weight excluding hydrogens is 230 g/mol. The van der Waals surface area contributed by atoms with Gasteiger partial charge in [0.2, 0.25) is 5.16 Å². The Kier molecular flexibility index (Phi) is 3.39. The van der Waals surface area contributed by atoms with Crippen LogP contribution in [0.5, 0.6) is 0 Å². The number of aromatic nitrogens is 4. The second-order valence-electron chi connectivity index (χ2n) is 3.54. The van der Waals surface area contributed by atoms with Crippen LogP contribution in [0.1, 0.15) is 6.42 Å². The van der Waals surface area contributed by atoms with Crippen molar-refractivity contribution < 1.29 is 9.53 Å². The molecule has 0 spiro atoms. The summed E-state index contributed by atoms with van der Waals surface area (Å²) in [4.78, 5) is 11.3. The number of methoxy groups -OCH3 is 1. The molecular formula is C8H13N5O2S. The van der Waals surface area contributed by atoms with Gasteiger partial charge in [-0.15, -0.1) is 5.10 Å². The third-order valence-electron chi connectivity index (χ3n) is 2.43. The topological polar surface area (TPSA) is 81.9 Å². The van der Waals surface area contributed by atoms with Crippen molar-refractivity contribution in [1.82, 2.24) is 25.5 Å². The Morgan fingerprint density at radius 2 is 2.50 bits per heavy atom. The molecule has 1 aromatic heterocycles. The molecule has 1 N–H and O–H groups in total. The van der Waals surface area contributed by atoms with E-state index in [0.29, 0.717) is 5.25 Å². The van der Waals surface area contributed by atoms with Crippen molar-refractivity contribution in [2.24, 2.45) is 7.05 Å². The van der Waals surface area contributed by atoms with Gasteiger partial charge in [0.1, 0.15) is 6.04 Å². The fourth-order valence-electron chi connectivity index (χ4n) is 1.59. The lowest BCUT2D eigenvalue weighted by atomic mass is 10.2. The number of tetrazole rings is 1. The molecule has 8 heteroatoms. The second kappa shape index (κ2) is 4.79. The number of thioether (sulfide) groups is 1. The van der Waals surface area contributed by atoms with Crippen molar-refractivity contribution in [3.05, 3.63) is 0 Å². The Morgan fingerprint density at radius 3 is 3.12 bits per heavy atom. The van der Waals surface area contributed by atoms with Crippen LogP contribution < -0.4 is 5.32 Å². The van der Waals surface area contributed by atoms with Gasteiger partial charge in [-0.25, -0.2) is 4.68 Å². The fourth-order valence-corrected chi connectivity index (χ4v) is 2.62. The standard InChI is InChI=1S/C8H13N5O2S/c1-13-8(10-11-12-13)16-5-3-6(9-4-5)7(14)15-2/h5-6,9H,3-4H2,1-2H3. The van der Waals surface area contributed by atoms with Gasteiger partial charge in [0.15, 0.2) is 0 Å².